The number of nitrogen functional groups attached to an aromatic ring is 2. The Labute approximate surface area is 171 Å². The van der Waals surface area contributed by atoms with Gasteiger partial charge >= 0.3 is 6.03 Å². The van der Waals surface area contributed by atoms with Crippen molar-refractivity contribution in [2.75, 3.05) is 36.4 Å². The van der Waals surface area contributed by atoms with E-state index >= 15 is 0 Å². The normalized spacial score (nSPS) is 14.7. The second kappa shape index (κ2) is 9.75. The molecule has 2 aromatic rings. The van der Waals surface area contributed by atoms with Crippen molar-refractivity contribution < 1.29 is 4.79 Å². The maximum Gasteiger partial charge on any atom is 0.319 e. The van der Waals surface area contributed by atoms with Crippen LogP contribution in [0.3, 0.4) is 0 Å². The smallest absolute Gasteiger partial charge is 0.319 e. The second-order valence-electron chi connectivity index (χ2n) is 7.06. The number of urea groups is 1. The van der Waals surface area contributed by atoms with Gasteiger partial charge in [0.2, 0.25) is 0 Å². The van der Waals surface area contributed by atoms with E-state index in [2.05, 4.69) is 44.3 Å². The molecule has 1 fully saturated rings. The molecule has 0 spiro atoms. The first-order valence-electron chi connectivity index (χ1n) is 9.83. The lowest BCUT2D eigenvalue weighted by molar-refractivity contribution is 0.196. The van der Waals surface area contributed by atoms with Crippen LogP contribution in [0.4, 0.5) is 22.1 Å². The molecule has 0 aliphatic carbocycles. The van der Waals surface area contributed by atoms with Gasteiger partial charge in [0, 0.05) is 30.4 Å². The molecule has 2 heterocycles. The number of nitrogens with one attached hydrogen (secondary N) is 2. The molecule has 152 valence electrons. The zero-order chi connectivity index (χ0) is 20.6. The van der Waals surface area contributed by atoms with Crippen LogP contribution in [0.5, 0.6) is 0 Å². The molecular weight excluding hydrogens is 366 g/mol. The van der Waals surface area contributed by atoms with Gasteiger partial charge < -0.3 is 27.0 Å². The first kappa shape index (κ1) is 20.4. The number of anilines is 3. The predicted molar refractivity (Wildman–Crippen MR) is 115 cm³/mol. The molecule has 29 heavy (non-hydrogen) atoms. The van der Waals surface area contributed by atoms with Gasteiger partial charge in [0.15, 0.2) is 0 Å². The molecule has 1 aliphatic rings. The summed E-state index contributed by atoms with van der Waals surface area (Å²) in [6, 6.07) is 7.30. The summed E-state index contributed by atoms with van der Waals surface area (Å²) >= 11 is 0. The van der Waals surface area contributed by atoms with E-state index in [1.807, 2.05) is 18.2 Å². The molecule has 1 saturated heterocycles. The van der Waals surface area contributed by atoms with Gasteiger partial charge in [-0.15, -0.1) is 0 Å². The summed E-state index contributed by atoms with van der Waals surface area (Å²) in [5.74, 6) is 6.37. The zero-order valence-corrected chi connectivity index (χ0v) is 16.6. The fourth-order valence-electron chi connectivity index (χ4n) is 3.32. The van der Waals surface area contributed by atoms with Gasteiger partial charge in [-0.1, -0.05) is 24.8 Å². The molecule has 2 amide bonds. The van der Waals surface area contributed by atoms with Crippen LogP contribution in [0, 0.1) is 11.8 Å². The van der Waals surface area contributed by atoms with Crippen molar-refractivity contribution in [3.63, 3.8) is 0 Å². The predicted octanol–water partition coefficient (Wildman–Crippen LogP) is 2.04. The SMILES string of the molecule is CCCN1CCC(NC(=O)Nc2cccc(C#Cc3c(N)ncnc3N)c2)CC1. The molecule has 1 aromatic heterocycles. The summed E-state index contributed by atoms with van der Waals surface area (Å²) in [5.41, 5.74) is 13.4. The molecule has 8 heteroatoms. The van der Waals surface area contributed by atoms with Crippen molar-refractivity contribution in [2.24, 2.45) is 0 Å². The van der Waals surface area contributed by atoms with Crippen molar-refractivity contribution >= 4 is 23.4 Å². The van der Waals surface area contributed by atoms with Crippen LogP contribution >= 0.6 is 0 Å². The minimum Gasteiger partial charge on any atom is -0.382 e. The van der Waals surface area contributed by atoms with Gasteiger partial charge in [-0.25, -0.2) is 14.8 Å². The standard InChI is InChI=1S/C21H27N7O/c1-2-10-28-11-8-16(9-12-28)26-21(29)27-17-5-3-4-15(13-17)6-7-18-19(22)24-14-25-20(18)23/h3-5,13-14,16H,2,8-12H2,1H3,(H2,26,27,29)(H4,22,23,24,25). The summed E-state index contributed by atoms with van der Waals surface area (Å²) in [7, 11) is 0. The largest absolute Gasteiger partial charge is 0.382 e. The maximum atomic E-state index is 12.3. The summed E-state index contributed by atoms with van der Waals surface area (Å²) in [5, 5.41) is 5.94. The van der Waals surface area contributed by atoms with Crippen LogP contribution in [0.2, 0.25) is 0 Å². The van der Waals surface area contributed by atoms with Crippen LogP contribution in [0.25, 0.3) is 0 Å². The average Bonchev–Trinajstić information content (AvgIpc) is 2.69. The number of piperidine rings is 1. The Morgan fingerprint density at radius 3 is 2.62 bits per heavy atom. The number of likely N-dealkylation sites (tertiary alicyclic amines) is 1. The van der Waals surface area contributed by atoms with Gasteiger partial charge in [0.25, 0.3) is 0 Å². The van der Waals surface area contributed by atoms with Gasteiger partial charge in [-0.3, -0.25) is 0 Å². The topological polar surface area (TPSA) is 122 Å². The summed E-state index contributed by atoms with van der Waals surface area (Å²) in [6.07, 6.45) is 4.41. The van der Waals surface area contributed by atoms with E-state index in [1.165, 1.54) is 6.33 Å². The lowest BCUT2D eigenvalue weighted by atomic mass is 10.1. The maximum absolute atomic E-state index is 12.3. The van der Waals surface area contributed by atoms with Crippen LogP contribution in [-0.4, -0.2) is 46.6 Å². The van der Waals surface area contributed by atoms with E-state index in [1.54, 1.807) is 6.07 Å². The molecule has 0 bridgehead atoms. The van der Waals surface area contributed by atoms with E-state index in [-0.39, 0.29) is 23.7 Å². The molecule has 0 unspecified atom stereocenters. The Morgan fingerprint density at radius 1 is 1.21 bits per heavy atom. The van der Waals surface area contributed by atoms with E-state index in [4.69, 9.17) is 11.5 Å². The van der Waals surface area contributed by atoms with E-state index in [9.17, 15) is 4.79 Å². The highest BCUT2D eigenvalue weighted by Gasteiger charge is 2.20. The average molecular weight is 393 g/mol. The Balaban J connectivity index is 1.58. The van der Waals surface area contributed by atoms with Crippen molar-refractivity contribution in [1.82, 2.24) is 20.2 Å². The first-order valence-corrected chi connectivity index (χ1v) is 9.83. The summed E-state index contributed by atoms with van der Waals surface area (Å²) in [4.78, 5) is 22.6. The molecule has 0 radical (unpaired) electrons. The van der Waals surface area contributed by atoms with Gasteiger partial charge in [0.1, 0.15) is 23.5 Å². The number of carbonyl (C=O) groups is 1. The molecule has 0 atom stereocenters. The Bertz CT molecular complexity index is 890. The van der Waals surface area contributed by atoms with Crippen molar-refractivity contribution in [1.29, 1.82) is 0 Å². The molecule has 1 aromatic carbocycles. The van der Waals surface area contributed by atoms with Crippen molar-refractivity contribution in [3.8, 4) is 11.8 Å². The fourth-order valence-corrected chi connectivity index (χ4v) is 3.32. The number of amides is 2. The quantitative estimate of drug-likeness (QED) is 0.590. The van der Waals surface area contributed by atoms with Crippen LogP contribution in [-0.2, 0) is 0 Å². The van der Waals surface area contributed by atoms with Gasteiger partial charge in [-0.05, 0) is 44.0 Å². The number of aromatic nitrogens is 2. The third-order valence-corrected chi connectivity index (χ3v) is 4.82. The lowest BCUT2D eigenvalue weighted by Crippen LogP contribution is -2.46. The number of nitrogens with two attached hydrogens (primary N) is 2. The van der Waals surface area contributed by atoms with Crippen LogP contribution < -0.4 is 22.1 Å². The third kappa shape index (κ3) is 5.83. The summed E-state index contributed by atoms with van der Waals surface area (Å²) in [6.45, 7) is 5.37. The highest BCUT2D eigenvalue weighted by Crippen LogP contribution is 2.14. The van der Waals surface area contributed by atoms with Gasteiger partial charge in [0.05, 0.1) is 0 Å². The first-order chi connectivity index (χ1) is 14.0. The third-order valence-electron chi connectivity index (χ3n) is 4.82. The Hall–Kier alpha value is -3.31. The number of hydrogen-bond acceptors (Lipinski definition) is 6. The molecule has 1 aliphatic heterocycles. The second-order valence-corrected chi connectivity index (χ2v) is 7.06. The van der Waals surface area contributed by atoms with Crippen molar-refractivity contribution in [2.45, 2.75) is 32.2 Å². The minimum atomic E-state index is -0.200. The Kier molecular flexibility index (Phi) is 6.87. The Morgan fingerprint density at radius 2 is 1.93 bits per heavy atom. The van der Waals surface area contributed by atoms with E-state index in [0.29, 0.717) is 11.3 Å². The molecule has 8 nitrogen and oxygen atoms in total. The highest BCUT2D eigenvalue weighted by atomic mass is 16.2. The summed E-state index contributed by atoms with van der Waals surface area (Å²) < 4.78 is 0. The molecule has 6 N–H and O–H groups in total. The van der Waals surface area contributed by atoms with E-state index < -0.39 is 0 Å². The fraction of sp³-hybridized carbons (Fsp3) is 0.381. The highest BCUT2D eigenvalue weighted by molar-refractivity contribution is 5.89. The minimum absolute atomic E-state index is 0.200. The number of carbonyl (C=O) groups excluding carboxylic acids is 1. The monoisotopic (exact) mass is 393 g/mol. The number of rotatable bonds is 4. The van der Waals surface area contributed by atoms with Crippen molar-refractivity contribution in [3.05, 3.63) is 41.7 Å². The molecule has 0 saturated carbocycles. The molecule has 3 rings (SSSR count). The number of hydrogen-bond donors (Lipinski definition) is 4. The number of benzene rings is 1. The number of nitrogens with zero attached hydrogens (tertiary/aromatic N) is 3. The van der Waals surface area contributed by atoms with Crippen LogP contribution in [0.15, 0.2) is 30.6 Å². The van der Waals surface area contributed by atoms with E-state index in [0.717, 1.165) is 44.5 Å². The zero-order valence-electron chi connectivity index (χ0n) is 16.6. The lowest BCUT2D eigenvalue weighted by Gasteiger charge is -2.32. The van der Waals surface area contributed by atoms with Gasteiger partial charge in [-0.2, -0.15) is 0 Å². The molecular formula is C21H27N7O. The van der Waals surface area contributed by atoms with Crippen LogP contribution in [0.1, 0.15) is 37.3 Å².